The van der Waals surface area contributed by atoms with E-state index in [1.165, 1.54) is 45.3 Å². The molecule has 2 rings (SSSR count). The molecular weight excluding hydrogens is 210 g/mol. The number of hydrogen-bond acceptors (Lipinski definition) is 3. The topological polar surface area (TPSA) is 32.5 Å². The summed E-state index contributed by atoms with van der Waals surface area (Å²) in [6.45, 7) is 9.17. The molecule has 3 nitrogen and oxygen atoms in total. The van der Waals surface area contributed by atoms with Gasteiger partial charge in [0, 0.05) is 37.8 Å². The van der Waals surface area contributed by atoms with E-state index >= 15 is 0 Å². The SMILES string of the molecule is CC1CN(C2(CN)CCCCC2C)CCN1C. The van der Waals surface area contributed by atoms with Gasteiger partial charge in [0.05, 0.1) is 0 Å². The molecule has 0 amide bonds. The minimum Gasteiger partial charge on any atom is -0.329 e. The fraction of sp³-hybridized carbons (Fsp3) is 1.00. The number of nitrogens with two attached hydrogens (primary N) is 1. The average Bonchev–Trinajstić information content (AvgIpc) is 2.34. The summed E-state index contributed by atoms with van der Waals surface area (Å²) in [6, 6.07) is 0.668. The predicted octanol–water partition coefficient (Wildman–Crippen LogP) is 1.53. The quantitative estimate of drug-likeness (QED) is 0.793. The molecule has 2 fully saturated rings. The molecule has 1 aliphatic heterocycles. The van der Waals surface area contributed by atoms with Gasteiger partial charge in [-0.05, 0) is 32.7 Å². The zero-order valence-corrected chi connectivity index (χ0v) is 11.8. The van der Waals surface area contributed by atoms with E-state index in [1.807, 2.05) is 0 Å². The van der Waals surface area contributed by atoms with E-state index in [1.54, 1.807) is 0 Å². The first-order chi connectivity index (χ1) is 8.10. The molecule has 17 heavy (non-hydrogen) atoms. The van der Waals surface area contributed by atoms with E-state index in [4.69, 9.17) is 5.73 Å². The monoisotopic (exact) mass is 239 g/mol. The van der Waals surface area contributed by atoms with E-state index in [2.05, 4.69) is 30.7 Å². The minimum absolute atomic E-state index is 0.299. The lowest BCUT2D eigenvalue weighted by Crippen LogP contribution is -2.65. The van der Waals surface area contributed by atoms with Gasteiger partial charge in [0.1, 0.15) is 0 Å². The molecule has 1 saturated heterocycles. The van der Waals surface area contributed by atoms with Crippen molar-refractivity contribution in [3.05, 3.63) is 0 Å². The molecule has 2 aliphatic rings. The lowest BCUT2D eigenvalue weighted by Gasteiger charge is -2.53. The zero-order chi connectivity index (χ0) is 12.5. The summed E-state index contributed by atoms with van der Waals surface area (Å²) in [5.74, 6) is 0.761. The Morgan fingerprint density at radius 2 is 2.00 bits per heavy atom. The first-order valence-electron chi connectivity index (χ1n) is 7.25. The Balaban J connectivity index is 2.11. The highest BCUT2D eigenvalue weighted by atomic mass is 15.3. The van der Waals surface area contributed by atoms with Crippen molar-refractivity contribution in [1.29, 1.82) is 0 Å². The second-order valence-electron chi connectivity index (χ2n) is 6.23. The highest BCUT2D eigenvalue weighted by molar-refractivity contribution is 5.00. The third kappa shape index (κ3) is 2.38. The molecule has 0 bridgehead atoms. The summed E-state index contributed by atoms with van der Waals surface area (Å²) in [5, 5.41) is 0. The van der Waals surface area contributed by atoms with Crippen molar-refractivity contribution < 1.29 is 0 Å². The minimum atomic E-state index is 0.299. The van der Waals surface area contributed by atoms with Gasteiger partial charge in [0.15, 0.2) is 0 Å². The lowest BCUT2D eigenvalue weighted by molar-refractivity contribution is -0.0312. The van der Waals surface area contributed by atoms with Crippen LogP contribution in [-0.4, -0.2) is 54.6 Å². The largest absolute Gasteiger partial charge is 0.329 e. The molecule has 3 heteroatoms. The maximum absolute atomic E-state index is 6.18. The first-order valence-corrected chi connectivity index (χ1v) is 7.25. The first kappa shape index (κ1) is 13.3. The van der Waals surface area contributed by atoms with Gasteiger partial charge in [-0.15, -0.1) is 0 Å². The Morgan fingerprint density at radius 3 is 2.59 bits per heavy atom. The summed E-state index contributed by atoms with van der Waals surface area (Å²) in [6.07, 6.45) is 5.42. The van der Waals surface area contributed by atoms with Crippen LogP contribution in [0.5, 0.6) is 0 Å². The number of likely N-dealkylation sites (N-methyl/N-ethyl adjacent to an activating group) is 1. The fourth-order valence-electron chi connectivity index (χ4n) is 3.75. The Hall–Kier alpha value is -0.120. The Labute approximate surface area is 106 Å². The summed E-state index contributed by atoms with van der Waals surface area (Å²) >= 11 is 0. The van der Waals surface area contributed by atoms with Gasteiger partial charge < -0.3 is 10.6 Å². The van der Waals surface area contributed by atoms with E-state index in [9.17, 15) is 0 Å². The average molecular weight is 239 g/mol. The molecule has 1 heterocycles. The standard InChI is InChI=1S/C14H29N3/c1-12-6-4-5-7-14(12,11-15)17-9-8-16(3)13(2)10-17/h12-13H,4-11,15H2,1-3H3. The van der Waals surface area contributed by atoms with Crippen LogP contribution in [0.4, 0.5) is 0 Å². The van der Waals surface area contributed by atoms with E-state index in [-0.39, 0.29) is 0 Å². The lowest BCUT2D eigenvalue weighted by atomic mass is 9.72. The number of nitrogens with zero attached hydrogens (tertiary/aromatic N) is 2. The molecule has 3 unspecified atom stereocenters. The summed E-state index contributed by atoms with van der Waals surface area (Å²) in [5.41, 5.74) is 6.48. The van der Waals surface area contributed by atoms with Crippen LogP contribution in [0.15, 0.2) is 0 Å². The van der Waals surface area contributed by atoms with Crippen LogP contribution in [0.1, 0.15) is 39.5 Å². The molecule has 0 radical (unpaired) electrons. The van der Waals surface area contributed by atoms with Gasteiger partial charge in [-0.25, -0.2) is 0 Å². The Bertz CT molecular complexity index is 256. The molecular formula is C14H29N3. The van der Waals surface area contributed by atoms with Crippen molar-refractivity contribution in [2.45, 2.75) is 51.1 Å². The second-order valence-corrected chi connectivity index (χ2v) is 6.23. The molecule has 1 saturated carbocycles. The fourth-order valence-corrected chi connectivity index (χ4v) is 3.75. The third-order valence-electron chi connectivity index (χ3n) is 5.36. The molecule has 0 aromatic rings. The van der Waals surface area contributed by atoms with E-state index in [0.717, 1.165) is 12.5 Å². The van der Waals surface area contributed by atoms with Crippen molar-refractivity contribution in [3.8, 4) is 0 Å². The number of piperazine rings is 1. The van der Waals surface area contributed by atoms with Gasteiger partial charge in [0.25, 0.3) is 0 Å². The van der Waals surface area contributed by atoms with Crippen LogP contribution in [0.2, 0.25) is 0 Å². The molecule has 100 valence electrons. The summed E-state index contributed by atoms with van der Waals surface area (Å²) < 4.78 is 0. The summed E-state index contributed by atoms with van der Waals surface area (Å²) in [7, 11) is 2.24. The van der Waals surface area contributed by atoms with Gasteiger partial charge in [-0.1, -0.05) is 19.8 Å². The molecule has 3 atom stereocenters. The summed E-state index contributed by atoms with van der Waals surface area (Å²) in [4.78, 5) is 5.18. The van der Waals surface area contributed by atoms with Crippen LogP contribution >= 0.6 is 0 Å². The van der Waals surface area contributed by atoms with E-state index in [0.29, 0.717) is 11.6 Å². The Kier molecular flexibility index (Phi) is 4.11. The normalized spacial score (nSPS) is 41.6. The Morgan fingerprint density at radius 1 is 1.24 bits per heavy atom. The van der Waals surface area contributed by atoms with Crippen LogP contribution in [-0.2, 0) is 0 Å². The maximum Gasteiger partial charge on any atom is 0.0358 e. The van der Waals surface area contributed by atoms with Crippen LogP contribution in [0.25, 0.3) is 0 Å². The van der Waals surface area contributed by atoms with Crippen molar-refractivity contribution in [1.82, 2.24) is 9.80 Å². The number of rotatable bonds is 2. The van der Waals surface area contributed by atoms with Gasteiger partial charge in [-0.2, -0.15) is 0 Å². The molecule has 1 aliphatic carbocycles. The van der Waals surface area contributed by atoms with Crippen molar-refractivity contribution in [2.24, 2.45) is 11.7 Å². The van der Waals surface area contributed by atoms with Gasteiger partial charge >= 0.3 is 0 Å². The maximum atomic E-state index is 6.18. The van der Waals surface area contributed by atoms with Crippen molar-refractivity contribution >= 4 is 0 Å². The molecule has 0 aromatic heterocycles. The van der Waals surface area contributed by atoms with Crippen LogP contribution in [0, 0.1) is 5.92 Å². The highest BCUT2D eigenvalue weighted by Crippen LogP contribution is 2.38. The van der Waals surface area contributed by atoms with Crippen molar-refractivity contribution in [2.75, 3.05) is 33.2 Å². The second kappa shape index (κ2) is 5.25. The van der Waals surface area contributed by atoms with Crippen LogP contribution in [0.3, 0.4) is 0 Å². The molecule has 0 aromatic carbocycles. The molecule has 2 N–H and O–H groups in total. The van der Waals surface area contributed by atoms with Gasteiger partial charge in [-0.3, -0.25) is 4.90 Å². The van der Waals surface area contributed by atoms with E-state index < -0.39 is 0 Å². The highest BCUT2D eigenvalue weighted by Gasteiger charge is 2.43. The predicted molar refractivity (Wildman–Crippen MR) is 73.1 cm³/mol. The van der Waals surface area contributed by atoms with Gasteiger partial charge in [0.2, 0.25) is 0 Å². The van der Waals surface area contributed by atoms with Crippen LogP contribution < -0.4 is 5.73 Å². The smallest absolute Gasteiger partial charge is 0.0358 e. The molecule has 0 spiro atoms. The third-order valence-corrected chi connectivity index (χ3v) is 5.36. The van der Waals surface area contributed by atoms with Crippen molar-refractivity contribution in [3.63, 3.8) is 0 Å². The number of hydrogen-bond donors (Lipinski definition) is 1. The zero-order valence-electron chi connectivity index (χ0n) is 11.8.